The zero-order valence-electron chi connectivity index (χ0n) is 24.5. The van der Waals surface area contributed by atoms with Crippen LogP contribution >= 0.6 is 0 Å². The smallest absolute Gasteiger partial charge is 0.421 e. The van der Waals surface area contributed by atoms with Crippen molar-refractivity contribution in [2.45, 2.75) is 118 Å². The van der Waals surface area contributed by atoms with Crippen molar-refractivity contribution in [3.63, 3.8) is 0 Å². The van der Waals surface area contributed by atoms with Gasteiger partial charge in [0.25, 0.3) is 0 Å². The maximum atomic E-state index is 13.4. The van der Waals surface area contributed by atoms with E-state index in [1.165, 1.54) is 13.1 Å². The lowest BCUT2D eigenvalue weighted by Crippen LogP contribution is -2.50. The molecule has 1 aliphatic rings. The van der Waals surface area contributed by atoms with Crippen LogP contribution < -0.4 is 0 Å². The number of carbonyl (C=O) groups is 4. The van der Waals surface area contributed by atoms with E-state index in [1.807, 2.05) is 0 Å². The van der Waals surface area contributed by atoms with Crippen molar-refractivity contribution >= 4 is 23.9 Å². The maximum Gasteiger partial charge on any atom is 0.421 e. The molecule has 0 aromatic carbocycles. The van der Waals surface area contributed by atoms with Crippen molar-refractivity contribution < 1.29 is 33.4 Å². The zero-order valence-corrected chi connectivity index (χ0v) is 24.5. The Morgan fingerprint density at radius 3 is 1.86 bits per heavy atom. The topological polar surface area (TPSA) is 102 Å². The molecule has 0 bridgehead atoms. The minimum absolute atomic E-state index is 0.0257. The van der Waals surface area contributed by atoms with Gasteiger partial charge in [0.1, 0.15) is 28.9 Å². The molecule has 1 rings (SSSR count). The molecule has 9 nitrogen and oxygen atoms in total. The first kappa shape index (κ1) is 32.3. The van der Waals surface area contributed by atoms with Gasteiger partial charge in [-0.25, -0.2) is 9.69 Å². The van der Waals surface area contributed by atoms with E-state index in [4.69, 9.17) is 14.2 Å². The number of amides is 2. The summed E-state index contributed by atoms with van der Waals surface area (Å²) in [7, 11) is 0. The fraction of sp³-hybridized carbons (Fsp3) is 0.714. The van der Waals surface area contributed by atoms with Crippen molar-refractivity contribution in [3.8, 4) is 0 Å². The normalized spacial score (nSPS) is 20.1. The number of nitrogens with zero attached hydrogens (tertiary/aromatic N) is 2. The van der Waals surface area contributed by atoms with Gasteiger partial charge in [-0.05, 0) is 88.0 Å². The summed E-state index contributed by atoms with van der Waals surface area (Å²) in [5.41, 5.74) is -1.68. The second-order valence-electron chi connectivity index (χ2n) is 12.6. The van der Waals surface area contributed by atoms with Gasteiger partial charge in [0.05, 0.1) is 0 Å². The molecule has 0 aromatic heterocycles. The van der Waals surface area contributed by atoms with Gasteiger partial charge in [0.2, 0.25) is 5.91 Å². The van der Waals surface area contributed by atoms with Gasteiger partial charge in [-0.2, -0.15) is 0 Å². The summed E-state index contributed by atoms with van der Waals surface area (Å²) in [5.74, 6) is -1.49. The van der Waals surface area contributed by atoms with Crippen LogP contribution in [0.1, 0.15) is 89.0 Å². The number of imide groups is 1. The van der Waals surface area contributed by atoms with E-state index in [2.05, 4.69) is 6.58 Å². The van der Waals surface area contributed by atoms with Crippen LogP contribution in [0.25, 0.3) is 0 Å². The Labute approximate surface area is 222 Å². The average molecular weight is 523 g/mol. The molecule has 210 valence electrons. The lowest BCUT2D eigenvalue weighted by molar-refractivity contribution is -0.167. The molecule has 0 saturated carbocycles. The highest BCUT2D eigenvalue weighted by Crippen LogP contribution is 2.31. The second kappa shape index (κ2) is 12.2. The molecule has 9 heteroatoms. The van der Waals surface area contributed by atoms with Crippen molar-refractivity contribution in [2.75, 3.05) is 6.54 Å². The first-order chi connectivity index (χ1) is 16.6. The molecular formula is C28H46N2O7. The van der Waals surface area contributed by atoms with Gasteiger partial charge in [-0.3, -0.25) is 19.3 Å². The van der Waals surface area contributed by atoms with Crippen LogP contribution in [-0.4, -0.2) is 69.2 Å². The van der Waals surface area contributed by atoms with Crippen LogP contribution in [0.2, 0.25) is 0 Å². The first-order valence-electron chi connectivity index (χ1n) is 12.7. The predicted molar refractivity (Wildman–Crippen MR) is 141 cm³/mol. The molecule has 1 heterocycles. The fourth-order valence-electron chi connectivity index (χ4n) is 3.88. The van der Waals surface area contributed by atoms with Crippen LogP contribution in [0.3, 0.4) is 0 Å². The standard InChI is InChI=1S/C28H46N2O7/c1-13-20-15-22(24(33)36-27(7,8)9)30(17-20)21(23(32)35-26(4,5)6)14-18(2)16-29(19(3)31)25(34)37-28(10,11)12/h13,16,20-22H,1,14-15,17H2,2-12H3/t20?,21-,22?/m0/s1. The number of ether oxygens (including phenoxy) is 3. The molecule has 0 spiro atoms. The number of esters is 2. The Bertz CT molecular complexity index is 903. The number of likely N-dealkylation sites (tertiary alicyclic amines) is 1. The largest absolute Gasteiger partial charge is 0.459 e. The van der Waals surface area contributed by atoms with Crippen molar-refractivity contribution in [1.82, 2.24) is 9.80 Å². The highest BCUT2D eigenvalue weighted by Gasteiger charge is 2.45. The van der Waals surface area contributed by atoms with Crippen LogP contribution in [0.15, 0.2) is 24.4 Å². The number of hydrogen-bond acceptors (Lipinski definition) is 8. The maximum absolute atomic E-state index is 13.4. The van der Waals surface area contributed by atoms with E-state index in [9.17, 15) is 19.2 Å². The lowest BCUT2D eigenvalue weighted by atomic mass is 10.0. The summed E-state index contributed by atoms with van der Waals surface area (Å²) in [4.78, 5) is 54.1. The number of rotatable bonds is 7. The summed E-state index contributed by atoms with van der Waals surface area (Å²) in [6, 6.07) is -1.53. The van der Waals surface area contributed by atoms with Gasteiger partial charge >= 0.3 is 18.0 Å². The molecule has 0 aliphatic carbocycles. The van der Waals surface area contributed by atoms with Crippen LogP contribution in [-0.2, 0) is 28.6 Å². The third kappa shape index (κ3) is 11.1. The van der Waals surface area contributed by atoms with E-state index < -0.39 is 52.8 Å². The van der Waals surface area contributed by atoms with Crippen molar-refractivity contribution in [2.24, 2.45) is 5.92 Å². The van der Waals surface area contributed by atoms with Crippen LogP contribution in [0.4, 0.5) is 4.79 Å². The average Bonchev–Trinajstić information content (AvgIpc) is 3.10. The predicted octanol–water partition coefficient (Wildman–Crippen LogP) is 4.99. The summed E-state index contributed by atoms with van der Waals surface area (Å²) < 4.78 is 16.7. The second-order valence-corrected chi connectivity index (χ2v) is 12.6. The third-order valence-corrected chi connectivity index (χ3v) is 5.26. The van der Waals surface area contributed by atoms with Gasteiger partial charge in [0, 0.05) is 19.7 Å². The summed E-state index contributed by atoms with van der Waals surface area (Å²) in [5, 5.41) is 0. The zero-order chi connectivity index (χ0) is 28.9. The molecule has 0 N–H and O–H groups in total. The first-order valence-corrected chi connectivity index (χ1v) is 12.7. The molecule has 2 amide bonds. The van der Waals surface area contributed by atoms with Crippen LogP contribution in [0, 0.1) is 5.92 Å². The molecule has 1 fully saturated rings. The molecule has 0 aromatic rings. The van der Waals surface area contributed by atoms with E-state index in [1.54, 1.807) is 80.2 Å². The fourth-order valence-corrected chi connectivity index (χ4v) is 3.88. The molecule has 2 unspecified atom stereocenters. The van der Waals surface area contributed by atoms with Gasteiger partial charge < -0.3 is 14.2 Å². The van der Waals surface area contributed by atoms with E-state index in [0.717, 1.165) is 4.90 Å². The summed E-state index contributed by atoms with van der Waals surface area (Å²) in [6.45, 7) is 23.1. The number of carbonyl (C=O) groups excluding carboxylic acids is 4. The third-order valence-electron chi connectivity index (χ3n) is 5.26. The van der Waals surface area contributed by atoms with Crippen molar-refractivity contribution in [3.05, 3.63) is 24.4 Å². The van der Waals surface area contributed by atoms with E-state index in [0.29, 0.717) is 18.5 Å². The summed E-state index contributed by atoms with van der Waals surface area (Å²) >= 11 is 0. The Morgan fingerprint density at radius 1 is 0.919 bits per heavy atom. The van der Waals surface area contributed by atoms with E-state index in [-0.39, 0.29) is 12.3 Å². The molecule has 1 saturated heterocycles. The lowest BCUT2D eigenvalue weighted by Gasteiger charge is -2.34. The minimum atomic E-state index is -0.856. The minimum Gasteiger partial charge on any atom is -0.459 e. The quantitative estimate of drug-likeness (QED) is 0.262. The van der Waals surface area contributed by atoms with Gasteiger partial charge in [-0.15, -0.1) is 6.58 Å². The monoisotopic (exact) mass is 522 g/mol. The van der Waals surface area contributed by atoms with E-state index >= 15 is 0 Å². The number of hydrogen-bond donors (Lipinski definition) is 0. The van der Waals surface area contributed by atoms with Gasteiger partial charge in [0.15, 0.2) is 0 Å². The summed E-state index contributed by atoms with van der Waals surface area (Å²) in [6.07, 6.45) is 2.90. The highest BCUT2D eigenvalue weighted by atomic mass is 16.6. The molecule has 0 radical (unpaired) electrons. The Balaban J connectivity index is 3.40. The molecule has 1 aliphatic heterocycles. The van der Waals surface area contributed by atoms with Crippen LogP contribution in [0.5, 0.6) is 0 Å². The Kier molecular flexibility index (Phi) is 10.7. The molecule has 3 atom stereocenters. The molecular weight excluding hydrogens is 476 g/mol. The SMILES string of the molecule is C=CC1CC(C(=O)OC(C)(C)C)N([C@@H](CC(C)=CN(C(C)=O)C(=O)OC(C)(C)C)C(=O)OC(C)(C)C)C1. The Morgan fingerprint density at radius 2 is 1.43 bits per heavy atom. The van der Waals surface area contributed by atoms with Gasteiger partial charge in [-0.1, -0.05) is 11.6 Å². The highest BCUT2D eigenvalue weighted by molar-refractivity contribution is 5.92. The van der Waals surface area contributed by atoms with Crippen molar-refractivity contribution in [1.29, 1.82) is 0 Å². The molecule has 37 heavy (non-hydrogen) atoms. The Hall–Kier alpha value is -2.68.